The molecule has 1 fully saturated rings. The first-order valence-electron chi connectivity index (χ1n) is 5.94. The Hall–Kier alpha value is -1.09. The maximum atomic E-state index is 4.30. The van der Waals surface area contributed by atoms with Gasteiger partial charge in [-0.1, -0.05) is 6.92 Å². The Labute approximate surface area is 98.9 Å². The van der Waals surface area contributed by atoms with E-state index in [9.17, 15) is 0 Å². The van der Waals surface area contributed by atoms with Crippen molar-refractivity contribution in [3.8, 4) is 11.3 Å². The molecule has 16 heavy (non-hydrogen) atoms. The molecule has 0 radical (unpaired) electrons. The van der Waals surface area contributed by atoms with E-state index in [1.807, 2.05) is 23.9 Å². The minimum Gasteiger partial charge on any atom is -0.322 e. The van der Waals surface area contributed by atoms with Crippen molar-refractivity contribution < 1.29 is 0 Å². The molecular weight excluding hydrogens is 216 g/mol. The quantitative estimate of drug-likeness (QED) is 0.732. The summed E-state index contributed by atoms with van der Waals surface area (Å²) in [4.78, 5) is 5.86. The lowest BCUT2D eigenvalue weighted by atomic mass is 9.72. The van der Waals surface area contributed by atoms with Gasteiger partial charge in [-0.25, -0.2) is 4.98 Å². The van der Waals surface area contributed by atoms with E-state index in [-0.39, 0.29) is 0 Å². The van der Waals surface area contributed by atoms with E-state index in [1.54, 1.807) is 4.88 Å². The Morgan fingerprint density at radius 3 is 3.12 bits per heavy atom. The van der Waals surface area contributed by atoms with E-state index in [1.165, 1.54) is 24.1 Å². The van der Waals surface area contributed by atoms with E-state index in [0.29, 0.717) is 6.04 Å². The molecular formula is C13H14N2S. The van der Waals surface area contributed by atoms with Gasteiger partial charge in [0.15, 0.2) is 0 Å². The molecule has 0 saturated heterocycles. The maximum Gasteiger partial charge on any atom is 0.0957 e. The molecule has 2 nitrogen and oxygen atoms in total. The van der Waals surface area contributed by atoms with E-state index >= 15 is 0 Å². The molecule has 0 N–H and O–H groups in total. The molecule has 1 atom stereocenters. The highest BCUT2D eigenvalue weighted by Crippen LogP contribution is 2.52. The Morgan fingerprint density at radius 1 is 1.44 bits per heavy atom. The molecule has 1 aliphatic heterocycles. The second kappa shape index (κ2) is 2.98. The highest BCUT2D eigenvalue weighted by molar-refractivity contribution is 7.10. The van der Waals surface area contributed by atoms with Crippen LogP contribution in [0.2, 0.25) is 0 Å². The summed E-state index contributed by atoms with van der Waals surface area (Å²) in [6, 6.07) is 2.83. The first-order chi connectivity index (χ1) is 7.84. The predicted octanol–water partition coefficient (Wildman–Crippen LogP) is 3.56. The lowest BCUT2D eigenvalue weighted by Gasteiger charge is -2.37. The van der Waals surface area contributed by atoms with Crippen LogP contribution in [0.3, 0.4) is 0 Å². The predicted molar refractivity (Wildman–Crippen MR) is 65.6 cm³/mol. The lowest BCUT2D eigenvalue weighted by Crippen LogP contribution is -2.29. The third-order valence-corrected chi connectivity index (χ3v) is 5.05. The van der Waals surface area contributed by atoms with Crippen LogP contribution in [0, 0.1) is 11.8 Å². The fourth-order valence-electron chi connectivity index (χ4n) is 3.29. The number of hydrogen-bond donors (Lipinski definition) is 0. The van der Waals surface area contributed by atoms with Gasteiger partial charge in [-0.2, -0.15) is 0 Å². The number of hydrogen-bond acceptors (Lipinski definition) is 2. The number of nitrogens with zero attached hydrogens (tertiary/aromatic N) is 2. The number of fused-ring (bicyclic) bond motifs is 3. The second-order valence-electron chi connectivity index (χ2n) is 5.17. The number of imidazole rings is 1. The van der Waals surface area contributed by atoms with Gasteiger partial charge in [-0.05, 0) is 36.1 Å². The molecule has 0 aromatic carbocycles. The Bertz CT molecular complexity index is 493. The normalized spacial score (nSPS) is 30.9. The Kier molecular flexibility index (Phi) is 1.67. The average Bonchev–Trinajstić information content (AvgIpc) is 2.84. The van der Waals surface area contributed by atoms with Crippen LogP contribution >= 0.6 is 11.3 Å². The summed E-state index contributed by atoms with van der Waals surface area (Å²) in [7, 11) is 0. The summed E-state index contributed by atoms with van der Waals surface area (Å²) in [6.07, 6.45) is 6.77. The van der Waals surface area contributed by atoms with Crippen molar-refractivity contribution in [1.82, 2.24) is 9.55 Å². The monoisotopic (exact) mass is 230 g/mol. The van der Waals surface area contributed by atoms with E-state index in [0.717, 1.165) is 11.8 Å². The topological polar surface area (TPSA) is 17.8 Å². The molecule has 3 heterocycles. The fourth-order valence-corrected chi connectivity index (χ4v) is 4.38. The third kappa shape index (κ3) is 0.995. The van der Waals surface area contributed by atoms with Crippen LogP contribution in [0.4, 0.5) is 0 Å². The average molecular weight is 230 g/mol. The zero-order valence-corrected chi connectivity index (χ0v) is 10.1. The van der Waals surface area contributed by atoms with Crippen molar-refractivity contribution in [2.24, 2.45) is 11.8 Å². The molecule has 82 valence electrons. The highest BCUT2D eigenvalue weighted by Gasteiger charge is 2.40. The summed E-state index contributed by atoms with van der Waals surface area (Å²) in [5.41, 5.74) is 2.74. The SMILES string of the molecule is CC1CC([C@@H]2c3sccc3-c3cncn32)C1. The van der Waals surface area contributed by atoms with Crippen molar-refractivity contribution in [2.75, 3.05) is 0 Å². The second-order valence-corrected chi connectivity index (χ2v) is 6.11. The molecule has 0 amide bonds. The van der Waals surface area contributed by atoms with Crippen LogP contribution in [0.15, 0.2) is 24.0 Å². The molecule has 2 aromatic rings. The van der Waals surface area contributed by atoms with Crippen LogP contribution in [0.1, 0.15) is 30.7 Å². The first-order valence-corrected chi connectivity index (χ1v) is 6.82. The van der Waals surface area contributed by atoms with Gasteiger partial charge in [0, 0.05) is 10.4 Å². The maximum absolute atomic E-state index is 4.30. The van der Waals surface area contributed by atoms with E-state index in [2.05, 4.69) is 27.9 Å². The molecule has 0 unspecified atom stereocenters. The van der Waals surface area contributed by atoms with Crippen LogP contribution < -0.4 is 0 Å². The Balaban J connectivity index is 1.83. The van der Waals surface area contributed by atoms with Crippen molar-refractivity contribution in [1.29, 1.82) is 0 Å². The lowest BCUT2D eigenvalue weighted by molar-refractivity contribution is 0.166. The largest absolute Gasteiger partial charge is 0.322 e. The zero-order chi connectivity index (χ0) is 10.7. The number of rotatable bonds is 1. The van der Waals surface area contributed by atoms with Crippen molar-refractivity contribution in [2.45, 2.75) is 25.8 Å². The van der Waals surface area contributed by atoms with Crippen molar-refractivity contribution >= 4 is 11.3 Å². The highest BCUT2D eigenvalue weighted by atomic mass is 32.1. The molecule has 3 heteroatoms. The van der Waals surface area contributed by atoms with E-state index in [4.69, 9.17) is 0 Å². The molecule has 1 aliphatic carbocycles. The number of aromatic nitrogens is 2. The van der Waals surface area contributed by atoms with Gasteiger partial charge in [0.2, 0.25) is 0 Å². The van der Waals surface area contributed by atoms with Gasteiger partial charge in [-0.3, -0.25) is 0 Å². The molecule has 1 saturated carbocycles. The standard InChI is InChI=1S/C13H14N2S/c1-8-4-9(5-8)12-13-10(2-3-16-13)11-6-14-7-15(11)12/h2-3,6-9,12H,4-5H2,1H3/t8?,9?,12-/m1/s1. The van der Waals surface area contributed by atoms with Gasteiger partial charge in [0.25, 0.3) is 0 Å². The summed E-state index contributed by atoms with van der Waals surface area (Å²) in [5.74, 6) is 1.75. The van der Waals surface area contributed by atoms with Crippen LogP contribution in [-0.2, 0) is 0 Å². The molecule has 0 bridgehead atoms. The van der Waals surface area contributed by atoms with Gasteiger partial charge < -0.3 is 4.57 Å². The smallest absolute Gasteiger partial charge is 0.0957 e. The molecule has 2 aliphatic rings. The Morgan fingerprint density at radius 2 is 2.31 bits per heavy atom. The summed E-state index contributed by atoms with van der Waals surface area (Å²) >= 11 is 1.91. The summed E-state index contributed by atoms with van der Waals surface area (Å²) in [5, 5.41) is 2.22. The van der Waals surface area contributed by atoms with Crippen LogP contribution in [0.5, 0.6) is 0 Å². The van der Waals surface area contributed by atoms with Gasteiger partial charge in [0.1, 0.15) is 0 Å². The zero-order valence-electron chi connectivity index (χ0n) is 9.26. The van der Waals surface area contributed by atoms with Crippen LogP contribution in [-0.4, -0.2) is 9.55 Å². The van der Waals surface area contributed by atoms with E-state index < -0.39 is 0 Å². The van der Waals surface area contributed by atoms with Crippen LogP contribution in [0.25, 0.3) is 11.3 Å². The number of thiophene rings is 1. The third-order valence-electron chi connectivity index (χ3n) is 4.06. The fraction of sp³-hybridized carbons (Fsp3) is 0.462. The van der Waals surface area contributed by atoms with Gasteiger partial charge in [0.05, 0.1) is 24.3 Å². The minimum atomic E-state index is 0.587. The summed E-state index contributed by atoms with van der Waals surface area (Å²) < 4.78 is 2.39. The van der Waals surface area contributed by atoms with Crippen molar-refractivity contribution in [3.05, 3.63) is 28.8 Å². The molecule has 0 spiro atoms. The minimum absolute atomic E-state index is 0.587. The van der Waals surface area contributed by atoms with Crippen molar-refractivity contribution in [3.63, 3.8) is 0 Å². The van der Waals surface area contributed by atoms with Gasteiger partial charge >= 0.3 is 0 Å². The van der Waals surface area contributed by atoms with Gasteiger partial charge in [-0.15, -0.1) is 11.3 Å². The molecule has 4 rings (SSSR count). The molecule has 2 aromatic heterocycles. The summed E-state index contributed by atoms with van der Waals surface area (Å²) in [6.45, 7) is 2.36. The first kappa shape index (κ1) is 8.99.